The van der Waals surface area contributed by atoms with Crippen molar-refractivity contribution in [1.29, 1.82) is 0 Å². The normalized spacial score (nSPS) is 23.1. The number of rotatable bonds is 5. The van der Waals surface area contributed by atoms with E-state index in [0.29, 0.717) is 12.1 Å². The minimum Gasteiger partial charge on any atom is -0.334 e. The molecule has 6 nitrogen and oxygen atoms in total. The highest BCUT2D eigenvalue weighted by Gasteiger charge is 2.31. The molecule has 0 bridgehead atoms. The fraction of sp³-hybridized carbons (Fsp3) is 0.619. The third-order valence-electron chi connectivity index (χ3n) is 6.01. The maximum Gasteiger partial charge on any atom is 0.318 e. The Kier molecular flexibility index (Phi) is 6.54. The molecule has 1 aliphatic carbocycles. The zero-order chi connectivity index (χ0) is 20.3. The lowest BCUT2D eigenvalue weighted by Crippen LogP contribution is -2.42. The number of nitrogens with one attached hydrogen (secondary N) is 2. The van der Waals surface area contributed by atoms with E-state index in [1.165, 1.54) is 18.9 Å². The van der Waals surface area contributed by atoms with Crippen LogP contribution in [0.1, 0.15) is 64.0 Å². The second-order valence-corrected chi connectivity index (χ2v) is 8.18. The summed E-state index contributed by atoms with van der Waals surface area (Å²) in [5.74, 6) is -0.696. The molecule has 1 saturated carbocycles. The topological polar surface area (TPSA) is 87.5 Å². The van der Waals surface area contributed by atoms with E-state index in [1.54, 1.807) is 17.0 Å². The van der Waals surface area contributed by atoms with Crippen molar-refractivity contribution in [2.75, 3.05) is 11.9 Å². The summed E-state index contributed by atoms with van der Waals surface area (Å²) in [6, 6.07) is 3.74. The van der Waals surface area contributed by atoms with Gasteiger partial charge in [-0.1, -0.05) is 31.7 Å². The Bertz CT molecular complexity index is 718. The third kappa shape index (κ3) is 4.63. The molecule has 3 unspecified atom stereocenters. The number of nitrogens with zero attached hydrogens (tertiary/aromatic N) is 1. The lowest BCUT2D eigenvalue weighted by Gasteiger charge is -2.24. The predicted octanol–water partition coefficient (Wildman–Crippen LogP) is 3.54. The number of amides is 3. The Morgan fingerprint density at radius 2 is 1.96 bits per heavy atom. The molecule has 0 radical (unpaired) electrons. The van der Waals surface area contributed by atoms with Crippen molar-refractivity contribution >= 4 is 17.6 Å². The van der Waals surface area contributed by atoms with Gasteiger partial charge in [0.1, 0.15) is 5.82 Å². The summed E-state index contributed by atoms with van der Waals surface area (Å²) in [6.45, 7) is 4.38. The van der Waals surface area contributed by atoms with Crippen LogP contribution in [0.25, 0.3) is 0 Å². The number of benzene rings is 1. The zero-order valence-corrected chi connectivity index (χ0v) is 16.7. The van der Waals surface area contributed by atoms with Gasteiger partial charge in [0.2, 0.25) is 5.91 Å². The smallest absolute Gasteiger partial charge is 0.318 e. The van der Waals surface area contributed by atoms with Crippen LogP contribution in [0.15, 0.2) is 18.2 Å². The largest absolute Gasteiger partial charge is 0.334 e. The molecule has 1 heterocycles. The average Bonchev–Trinajstić information content (AvgIpc) is 2.87. The minimum atomic E-state index is -0.620. The monoisotopic (exact) mass is 390 g/mol. The van der Waals surface area contributed by atoms with Crippen LogP contribution in [0.3, 0.4) is 0 Å². The van der Waals surface area contributed by atoms with Crippen LogP contribution >= 0.6 is 0 Å². The summed E-state index contributed by atoms with van der Waals surface area (Å²) >= 11 is 0. The molecule has 1 aromatic carbocycles. The molecular weight excluding hydrogens is 359 g/mol. The van der Waals surface area contributed by atoms with Crippen molar-refractivity contribution in [3.8, 4) is 0 Å². The first-order valence-electron chi connectivity index (χ1n) is 10.3. The van der Waals surface area contributed by atoms with E-state index in [-0.39, 0.29) is 35.6 Å². The molecular formula is C21H31FN4O2. The highest BCUT2D eigenvalue weighted by Crippen LogP contribution is 2.28. The highest BCUT2D eigenvalue weighted by atomic mass is 19.1. The Morgan fingerprint density at radius 3 is 2.54 bits per heavy atom. The molecule has 3 rings (SSSR count). The van der Waals surface area contributed by atoms with Gasteiger partial charge in [0, 0.05) is 12.6 Å². The van der Waals surface area contributed by atoms with Gasteiger partial charge in [-0.25, -0.2) is 9.18 Å². The van der Waals surface area contributed by atoms with Crippen molar-refractivity contribution in [3.63, 3.8) is 0 Å². The maximum absolute atomic E-state index is 14.6. The van der Waals surface area contributed by atoms with Gasteiger partial charge in [-0.05, 0) is 50.3 Å². The first kappa shape index (κ1) is 20.6. The minimum absolute atomic E-state index is 0.0730. The molecule has 4 N–H and O–H groups in total. The van der Waals surface area contributed by atoms with Gasteiger partial charge < -0.3 is 21.3 Å². The second-order valence-electron chi connectivity index (χ2n) is 8.18. The molecule has 154 valence electrons. The molecule has 1 aliphatic heterocycles. The van der Waals surface area contributed by atoms with Gasteiger partial charge in [-0.2, -0.15) is 0 Å². The van der Waals surface area contributed by atoms with Crippen LogP contribution in [0.5, 0.6) is 0 Å². The van der Waals surface area contributed by atoms with E-state index in [0.717, 1.165) is 25.7 Å². The summed E-state index contributed by atoms with van der Waals surface area (Å²) in [5, 5.41) is 5.49. The molecule has 0 aromatic heterocycles. The lowest BCUT2D eigenvalue weighted by atomic mass is 9.92. The van der Waals surface area contributed by atoms with Crippen LogP contribution in [0.4, 0.5) is 14.9 Å². The Labute approximate surface area is 166 Å². The summed E-state index contributed by atoms with van der Waals surface area (Å²) in [5.41, 5.74) is 6.98. The van der Waals surface area contributed by atoms with E-state index in [1.807, 2.05) is 13.8 Å². The Morgan fingerprint density at radius 1 is 1.29 bits per heavy atom. The molecule has 7 heteroatoms. The number of urea groups is 1. The quantitative estimate of drug-likeness (QED) is 0.672. The van der Waals surface area contributed by atoms with E-state index in [4.69, 9.17) is 5.73 Å². The van der Waals surface area contributed by atoms with Crippen molar-refractivity contribution in [3.05, 3.63) is 29.6 Å². The fourth-order valence-electron chi connectivity index (χ4n) is 4.22. The number of anilines is 1. The standard InChI is InChI=1S/C21H31FN4O2/c1-13-12-26(21(28)24-13)14(2)16-9-10-18(17(22)11-16)25-20(27)19(23)15-7-5-3-4-6-8-15/h9-11,13-15,19H,3-8,12,23H2,1-2H3,(H,24,28)(H,25,27). The Hall–Kier alpha value is -2.15. The zero-order valence-electron chi connectivity index (χ0n) is 16.7. The van der Waals surface area contributed by atoms with Crippen LogP contribution in [-0.2, 0) is 4.79 Å². The van der Waals surface area contributed by atoms with Crippen LogP contribution in [0.2, 0.25) is 0 Å². The molecule has 0 spiro atoms. The van der Waals surface area contributed by atoms with Crippen LogP contribution < -0.4 is 16.4 Å². The molecule has 3 amide bonds. The first-order valence-corrected chi connectivity index (χ1v) is 10.3. The van der Waals surface area contributed by atoms with Crippen LogP contribution in [0, 0.1) is 11.7 Å². The number of hydrogen-bond acceptors (Lipinski definition) is 3. The maximum atomic E-state index is 14.6. The first-order chi connectivity index (χ1) is 13.4. The van der Waals surface area contributed by atoms with E-state index >= 15 is 0 Å². The van der Waals surface area contributed by atoms with Gasteiger partial charge in [0.15, 0.2) is 0 Å². The van der Waals surface area contributed by atoms with Gasteiger partial charge in [-0.3, -0.25) is 4.79 Å². The van der Waals surface area contributed by atoms with Crippen molar-refractivity contribution in [1.82, 2.24) is 10.2 Å². The van der Waals surface area contributed by atoms with Gasteiger partial charge in [-0.15, -0.1) is 0 Å². The van der Waals surface area contributed by atoms with Crippen LogP contribution in [-0.4, -0.2) is 35.5 Å². The molecule has 3 atom stereocenters. The average molecular weight is 391 g/mol. The summed E-state index contributed by atoms with van der Waals surface area (Å²) in [7, 11) is 0. The second kappa shape index (κ2) is 8.90. The van der Waals surface area contributed by atoms with Crippen molar-refractivity contribution in [2.24, 2.45) is 11.7 Å². The fourth-order valence-corrected chi connectivity index (χ4v) is 4.22. The summed E-state index contributed by atoms with van der Waals surface area (Å²) in [4.78, 5) is 26.2. The summed E-state index contributed by atoms with van der Waals surface area (Å²) in [6.07, 6.45) is 6.46. The van der Waals surface area contributed by atoms with Gasteiger partial charge >= 0.3 is 6.03 Å². The van der Waals surface area contributed by atoms with E-state index in [9.17, 15) is 14.0 Å². The third-order valence-corrected chi connectivity index (χ3v) is 6.01. The molecule has 1 saturated heterocycles. The van der Waals surface area contributed by atoms with Gasteiger partial charge in [0.25, 0.3) is 0 Å². The number of nitrogens with two attached hydrogens (primary N) is 1. The molecule has 28 heavy (non-hydrogen) atoms. The summed E-state index contributed by atoms with van der Waals surface area (Å²) < 4.78 is 14.6. The van der Waals surface area contributed by atoms with Crippen molar-refractivity contribution in [2.45, 2.75) is 70.5 Å². The number of halogens is 1. The predicted molar refractivity (Wildman–Crippen MR) is 107 cm³/mol. The van der Waals surface area contributed by atoms with Crippen molar-refractivity contribution < 1.29 is 14.0 Å². The molecule has 2 aliphatic rings. The Balaban J connectivity index is 1.65. The van der Waals surface area contributed by atoms with Gasteiger partial charge in [0.05, 0.1) is 17.8 Å². The number of carbonyl (C=O) groups excluding carboxylic acids is 2. The lowest BCUT2D eigenvalue weighted by molar-refractivity contribution is -0.118. The van der Waals surface area contributed by atoms with E-state index < -0.39 is 11.9 Å². The molecule has 2 fully saturated rings. The number of carbonyl (C=O) groups is 2. The SMILES string of the molecule is CC1CN(C(C)c2ccc(NC(=O)C(N)C3CCCCCC3)c(F)c2)C(=O)N1. The molecule has 1 aromatic rings. The van der Waals surface area contributed by atoms with E-state index in [2.05, 4.69) is 10.6 Å². The highest BCUT2D eigenvalue weighted by molar-refractivity contribution is 5.95. The number of hydrogen-bond donors (Lipinski definition) is 3.